The molecule has 1 saturated carbocycles. The third-order valence-corrected chi connectivity index (χ3v) is 4.63. The van der Waals surface area contributed by atoms with Crippen molar-refractivity contribution in [3.05, 3.63) is 54.4 Å². The van der Waals surface area contributed by atoms with E-state index in [0.29, 0.717) is 6.54 Å². The minimum absolute atomic E-state index is 0.0547. The fraction of sp³-hybridized carbons (Fsp3) is 0.400. The van der Waals surface area contributed by atoms with Crippen molar-refractivity contribution in [3.63, 3.8) is 0 Å². The first kappa shape index (κ1) is 17.3. The van der Waals surface area contributed by atoms with Crippen molar-refractivity contribution in [2.75, 3.05) is 12.0 Å². The Morgan fingerprint density at radius 3 is 2.60 bits per heavy atom. The van der Waals surface area contributed by atoms with Crippen molar-refractivity contribution < 1.29 is 9.53 Å². The standard InChI is InChI=1S/C20H25N3O2/c1-25-19-11-9-18(10-12-19)23(15-16-6-5-13-21-14-16)20(24)22-17-7-3-2-4-8-17/h5-6,9-14,17H,2-4,7-8,15H2,1H3,(H,22,24). The van der Waals surface area contributed by atoms with Gasteiger partial charge in [-0.3, -0.25) is 9.88 Å². The summed E-state index contributed by atoms with van der Waals surface area (Å²) in [6, 6.07) is 11.7. The molecular formula is C20H25N3O2. The highest BCUT2D eigenvalue weighted by atomic mass is 16.5. The molecule has 0 radical (unpaired) electrons. The van der Waals surface area contributed by atoms with Crippen molar-refractivity contribution in [2.24, 2.45) is 0 Å². The number of aromatic nitrogens is 1. The normalized spacial score (nSPS) is 14.8. The number of rotatable bonds is 5. The number of hydrogen-bond acceptors (Lipinski definition) is 3. The van der Waals surface area contributed by atoms with Gasteiger partial charge in [0.1, 0.15) is 5.75 Å². The van der Waals surface area contributed by atoms with E-state index in [0.717, 1.165) is 29.8 Å². The quantitative estimate of drug-likeness (QED) is 0.891. The molecule has 0 saturated heterocycles. The molecule has 3 rings (SSSR count). The fourth-order valence-electron chi connectivity index (χ4n) is 3.22. The lowest BCUT2D eigenvalue weighted by Crippen LogP contribution is -2.45. The molecular weight excluding hydrogens is 314 g/mol. The molecule has 1 aliphatic rings. The predicted molar refractivity (Wildman–Crippen MR) is 98.8 cm³/mol. The van der Waals surface area contributed by atoms with Crippen LogP contribution in [-0.2, 0) is 6.54 Å². The van der Waals surface area contributed by atoms with E-state index >= 15 is 0 Å². The molecule has 1 aromatic heterocycles. The largest absolute Gasteiger partial charge is 0.497 e. The van der Waals surface area contributed by atoms with Gasteiger partial charge in [0.05, 0.1) is 13.7 Å². The number of carbonyl (C=O) groups excluding carboxylic acids is 1. The Hall–Kier alpha value is -2.56. The van der Waals surface area contributed by atoms with Crippen LogP contribution in [0.3, 0.4) is 0 Å². The molecule has 2 amide bonds. The third kappa shape index (κ3) is 4.72. The zero-order valence-corrected chi connectivity index (χ0v) is 14.6. The van der Waals surface area contributed by atoms with E-state index < -0.39 is 0 Å². The molecule has 0 aliphatic heterocycles. The number of methoxy groups -OCH3 is 1. The van der Waals surface area contributed by atoms with Crippen LogP contribution >= 0.6 is 0 Å². The first-order valence-corrected chi connectivity index (χ1v) is 8.87. The lowest BCUT2D eigenvalue weighted by Gasteiger charge is -2.28. The Bertz CT molecular complexity index is 667. The van der Waals surface area contributed by atoms with Crippen LogP contribution in [0.2, 0.25) is 0 Å². The molecule has 5 nitrogen and oxygen atoms in total. The molecule has 1 N–H and O–H groups in total. The number of carbonyl (C=O) groups is 1. The number of ether oxygens (including phenoxy) is 1. The van der Waals surface area contributed by atoms with Gasteiger partial charge >= 0.3 is 6.03 Å². The molecule has 1 fully saturated rings. The van der Waals surface area contributed by atoms with Gasteiger partial charge in [-0.2, -0.15) is 0 Å². The van der Waals surface area contributed by atoms with E-state index in [1.807, 2.05) is 36.4 Å². The van der Waals surface area contributed by atoms with Gasteiger partial charge in [-0.25, -0.2) is 4.79 Å². The Labute approximate surface area is 149 Å². The van der Waals surface area contributed by atoms with Crippen molar-refractivity contribution in [1.82, 2.24) is 10.3 Å². The number of anilines is 1. The maximum absolute atomic E-state index is 12.9. The molecule has 1 heterocycles. The van der Waals surface area contributed by atoms with E-state index in [4.69, 9.17) is 4.74 Å². The number of pyridine rings is 1. The zero-order chi connectivity index (χ0) is 17.5. The van der Waals surface area contributed by atoms with Gasteiger partial charge < -0.3 is 10.1 Å². The highest BCUT2D eigenvalue weighted by Crippen LogP contribution is 2.23. The highest BCUT2D eigenvalue weighted by Gasteiger charge is 2.21. The van der Waals surface area contributed by atoms with Crippen LogP contribution in [0.4, 0.5) is 10.5 Å². The summed E-state index contributed by atoms with van der Waals surface area (Å²) in [5.41, 5.74) is 1.84. The Kier molecular flexibility index (Phi) is 5.88. The van der Waals surface area contributed by atoms with Crippen molar-refractivity contribution in [1.29, 1.82) is 0 Å². The molecule has 5 heteroatoms. The van der Waals surface area contributed by atoms with Gasteiger partial charge in [-0.05, 0) is 48.7 Å². The van der Waals surface area contributed by atoms with Crippen LogP contribution in [0.5, 0.6) is 5.75 Å². The van der Waals surface area contributed by atoms with Gasteiger partial charge in [0, 0.05) is 24.1 Å². The van der Waals surface area contributed by atoms with E-state index in [-0.39, 0.29) is 12.1 Å². The summed E-state index contributed by atoms with van der Waals surface area (Å²) in [5.74, 6) is 0.776. The minimum atomic E-state index is -0.0547. The van der Waals surface area contributed by atoms with Crippen LogP contribution in [0, 0.1) is 0 Å². The van der Waals surface area contributed by atoms with Crippen LogP contribution in [0.1, 0.15) is 37.7 Å². The van der Waals surface area contributed by atoms with Crippen LogP contribution in [0.25, 0.3) is 0 Å². The van der Waals surface area contributed by atoms with Crippen molar-refractivity contribution in [2.45, 2.75) is 44.7 Å². The number of urea groups is 1. The average molecular weight is 339 g/mol. The van der Waals surface area contributed by atoms with Gasteiger partial charge in [0.2, 0.25) is 0 Å². The summed E-state index contributed by atoms with van der Waals surface area (Å²) < 4.78 is 5.22. The number of nitrogens with zero attached hydrogens (tertiary/aromatic N) is 2. The van der Waals surface area contributed by atoms with E-state index in [1.165, 1.54) is 19.3 Å². The van der Waals surface area contributed by atoms with Crippen molar-refractivity contribution >= 4 is 11.7 Å². The molecule has 0 spiro atoms. The van der Waals surface area contributed by atoms with E-state index in [9.17, 15) is 4.79 Å². The third-order valence-electron chi connectivity index (χ3n) is 4.63. The van der Waals surface area contributed by atoms with Gasteiger partial charge in [-0.15, -0.1) is 0 Å². The van der Waals surface area contributed by atoms with Crippen LogP contribution in [-0.4, -0.2) is 24.2 Å². The van der Waals surface area contributed by atoms with E-state index in [2.05, 4.69) is 10.3 Å². The SMILES string of the molecule is COc1ccc(N(Cc2cccnc2)C(=O)NC2CCCCC2)cc1. The molecule has 132 valence electrons. The highest BCUT2D eigenvalue weighted by molar-refractivity contribution is 5.92. The monoisotopic (exact) mass is 339 g/mol. The summed E-state index contributed by atoms with van der Waals surface area (Å²) >= 11 is 0. The first-order valence-electron chi connectivity index (χ1n) is 8.87. The number of hydrogen-bond donors (Lipinski definition) is 1. The van der Waals surface area contributed by atoms with Gasteiger partial charge in [0.25, 0.3) is 0 Å². The molecule has 0 bridgehead atoms. The van der Waals surface area contributed by atoms with Crippen LogP contribution < -0.4 is 15.0 Å². The molecule has 25 heavy (non-hydrogen) atoms. The van der Waals surface area contributed by atoms with E-state index in [1.54, 1.807) is 24.4 Å². The topological polar surface area (TPSA) is 54.5 Å². The fourth-order valence-corrected chi connectivity index (χ4v) is 3.22. The second-order valence-corrected chi connectivity index (χ2v) is 6.43. The smallest absolute Gasteiger partial charge is 0.322 e. The zero-order valence-electron chi connectivity index (χ0n) is 14.6. The summed E-state index contributed by atoms with van der Waals surface area (Å²) in [5, 5.41) is 3.20. The maximum atomic E-state index is 12.9. The molecule has 1 aromatic carbocycles. The van der Waals surface area contributed by atoms with Crippen molar-refractivity contribution in [3.8, 4) is 5.75 Å². The Balaban J connectivity index is 1.78. The summed E-state index contributed by atoms with van der Waals surface area (Å²) in [6.07, 6.45) is 9.31. The summed E-state index contributed by atoms with van der Waals surface area (Å²) in [4.78, 5) is 18.9. The minimum Gasteiger partial charge on any atom is -0.497 e. The summed E-state index contributed by atoms with van der Waals surface area (Å²) in [7, 11) is 1.64. The Morgan fingerprint density at radius 1 is 1.20 bits per heavy atom. The maximum Gasteiger partial charge on any atom is 0.322 e. The molecule has 0 unspecified atom stereocenters. The second kappa shape index (κ2) is 8.51. The number of benzene rings is 1. The second-order valence-electron chi connectivity index (χ2n) is 6.43. The number of amides is 2. The van der Waals surface area contributed by atoms with Crippen LogP contribution in [0.15, 0.2) is 48.8 Å². The average Bonchev–Trinajstić information content (AvgIpc) is 2.68. The molecule has 0 atom stereocenters. The lowest BCUT2D eigenvalue weighted by atomic mass is 9.96. The Morgan fingerprint density at radius 2 is 1.96 bits per heavy atom. The predicted octanol–water partition coefficient (Wildman–Crippen LogP) is 4.14. The molecule has 2 aromatic rings. The lowest BCUT2D eigenvalue weighted by molar-refractivity contribution is 0.238. The number of nitrogens with one attached hydrogen (secondary N) is 1. The summed E-state index contributed by atoms with van der Waals surface area (Å²) in [6.45, 7) is 0.485. The first-order chi connectivity index (χ1) is 12.3. The molecule has 1 aliphatic carbocycles. The van der Waals surface area contributed by atoms with Gasteiger partial charge in [0.15, 0.2) is 0 Å². The van der Waals surface area contributed by atoms with Gasteiger partial charge in [-0.1, -0.05) is 25.3 Å².